The fraction of sp³-hybridized carbons (Fsp3) is 0.105. The Morgan fingerprint density at radius 2 is 2.08 bits per heavy atom. The van der Waals surface area contributed by atoms with Crippen LogP contribution in [0.2, 0.25) is 0 Å². The molecule has 3 heterocycles. The largest absolute Gasteiger partial charge is 0.444 e. The zero-order valence-electron chi connectivity index (χ0n) is 13.6. The molecule has 0 atom stereocenters. The van der Waals surface area contributed by atoms with Gasteiger partial charge in [0.2, 0.25) is 0 Å². The number of pyridine rings is 1. The van der Waals surface area contributed by atoms with Crippen molar-refractivity contribution < 1.29 is 9.21 Å². The van der Waals surface area contributed by atoms with Crippen LogP contribution in [0.4, 0.5) is 0 Å². The van der Waals surface area contributed by atoms with Gasteiger partial charge in [-0.05, 0) is 36.8 Å². The average molecular weight is 332 g/mol. The minimum Gasteiger partial charge on any atom is -0.444 e. The summed E-state index contributed by atoms with van der Waals surface area (Å²) in [5.74, 6) is 0.532. The maximum Gasteiger partial charge on any atom is 0.251 e. The number of fused-ring (bicyclic) bond motifs is 1. The third-order valence-electron chi connectivity index (χ3n) is 3.96. The predicted octanol–water partition coefficient (Wildman–Crippen LogP) is 3.23. The zero-order chi connectivity index (χ0) is 17.2. The Kier molecular flexibility index (Phi) is 3.78. The first-order valence-electron chi connectivity index (χ1n) is 7.90. The summed E-state index contributed by atoms with van der Waals surface area (Å²) in [6.07, 6.45) is 6.90. The van der Waals surface area contributed by atoms with E-state index in [9.17, 15) is 4.79 Å². The average Bonchev–Trinajstić information content (AvgIpc) is 3.29. The van der Waals surface area contributed by atoms with E-state index >= 15 is 0 Å². The monoisotopic (exact) mass is 332 g/mol. The van der Waals surface area contributed by atoms with Crippen molar-refractivity contribution in [1.29, 1.82) is 0 Å². The van der Waals surface area contributed by atoms with Crippen LogP contribution in [0.3, 0.4) is 0 Å². The molecule has 0 saturated heterocycles. The number of imidazole rings is 1. The van der Waals surface area contributed by atoms with Crippen molar-refractivity contribution >= 4 is 11.6 Å². The van der Waals surface area contributed by atoms with Crippen molar-refractivity contribution in [3.63, 3.8) is 0 Å². The summed E-state index contributed by atoms with van der Waals surface area (Å²) in [5, 5.41) is 2.89. The van der Waals surface area contributed by atoms with Gasteiger partial charge < -0.3 is 14.1 Å². The van der Waals surface area contributed by atoms with E-state index in [1.165, 1.54) is 6.39 Å². The van der Waals surface area contributed by atoms with Gasteiger partial charge in [0.1, 0.15) is 5.65 Å². The molecule has 1 amide bonds. The van der Waals surface area contributed by atoms with Gasteiger partial charge in [0.25, 0.3) is 5.91 Å². The smallest absolute Gasteiger partial charge is 0.251 e. The summed E-state index contributed by atoms with van der Waals surface area (Å²) in [6.45, 7) is 2.40. The van der Waals surface area contributed by atoms with Crippen molar-refractivity contribution in [2.45, 2.75) is 13.5 Å². The second kappa shape index (κ2) is 6.24. The van der Waals surface area contributed by atoms with Gasteiger partial charge in [-0.15, -0.1) is 0 Å². The zero-order valence-corrected chi connectivity index (χ0v) is 13.6. The molecular weight excluding hydrogens is 316 g/mol. The molecule has 1 N–H and O–H groups in total. The van der Waals surface area contributed by atoms with Crippen molar-refractivity contribution in [2.24, 2.45) is 0 Å². The molecule has 25 heavy (non-hydrogen) atoms. The van der Waals surface area contributed by atoms with E-state index in [-0.39, 0.29) is 5.91 Å². The lowest BCUT2D eigenvalue weighted by Gasteiger charge is -2.04. The first kappa shape index (κ1) is 15.1. The second-order valence-corrected chi connectivity index (χ2v) is 5.83. The Hall–Kier alpha value is -3.41. The second-order valence-electron chi connectivity index (χ2n) is 5.83. The number of amides is 1. The Bertz CT molecular complexity index is 1020. The van der Waals surface area contributed by atoms with Crippen LogP contribution < -0.4 is 5.32 Å². The number of aromatic nitrogens is 3. The summed E-state index contributed by atoms with van der Waals surface area (Å²) < 4.78 is 7.19. The maximum absolute atomic E-state index is 12.3. The van der Waals surface area contributed by atoms with Crippen LogP contribution in [0, 0.1) is 6.92 Å². The molecule has 4 aromatic rings. The van der Waals surface area contributed by atoms with Gasteiger partial charge in [-0.25, -0.2) is 9.97 Å². The number of benzene rings is 1. The van der Waals surface area contributed by atoms with Gasteiger partial charge >= 0.3 is 0 Å². The van der Waals surface area contributed by atoms with E-state index < -0.39 is 0 Å². The molecule has 3 aromatic heterocycles. The first-order valence-corrected chi connectivity index (χ1v) is 7.90. The van der Waals surface area contributed by atoms with Crippen LogP contribution in [-0.2, 0) is 6.54 Å². The molecule has 0 aliphatic carbocycles. The van der Waals surface area contributed by atoms with Crippen LogP contribution >= 0.6 is 0 Å². The molecule has 4 rings (SSSR count). The van der Waals surface area contributed by atoms with Crippen molar-refractivity contribution in [2.75, 3.05) is 0 Å². The van der Waals surface area contributed by atoms with Gasteiger partial charge in [0.05, 0.1) is 18.4 Å². The SMILES string of the molecule is Cc1ccn2cc(CNC(=O)c3ccc(-c4cnco4)cc3)nc2c1. The molecule has 1 aromatic carbocycles. The van der Waals surface area contributed by atoms with E-state index in [4.69, 9.17) is 4.42 Å². The number of carbonyl (C=O) groups excluding carboxylic acids is 1. The van der Waals surface area contributed by atoms with E-state index in [1.807, 2.05) is 48.0 Å². The molecule has 0 spiro atoms. The van der Waals surface area contributed by atoms with Crippen molar-refractivity contribution in [1.82, 2.24) is 19.7 Å². The molecule has 0 aliphatic rings. The normalized spacial score (nSPS) is 10.9. The number of rotatable bonds is 4. The van der Waals surface area contributed by atoms with Crippen LogP contribution in [0.1, 0.15) is 21.6 Å². The summed E-state index contributed by atoms with van der Waals surface area (Å²) in [5.41, 5.74) is 4.31. The number of nitrogens with one attached hydrogen (secondary N) is 1. The summed E-state index contributed by atoms with van der Waals surface area (Å²) in [7, 11) is 0. The van der Waals surface area contributed by atoms with Crippen LogP contribution in [0.15, 0.2) is 65.8 Å². The molecule has 0 aliphatic heterocycles. The Morgan fingerprint density at radius 1 is 1.24 bits per heavy atom. The summed E-state index contributed by atoms with van der Waals surface area (Å²) in [6, 6.07) is 11.2. The molecule has 0 unspecified atom stereocenters. The molecule has 6 nitrogen and oxygen atoms in total. The minimum atomic E-state index is -0.141. The fourth-order valence-electron chi connectivity index (χ4n) is 2.64. The van der Waals surface area contributed by atoms with E-state index in [1.54, 1.807) is 18.3 Å². The van der Waals surface area contributed by atoms with Gasteiger partial charge in [-0.2, -0.15) is 0 Å². The molecular formula is C19H16N4O2. The van der Waals surface area contributed by atoms with Gasteiger partial charge in [0.15, 0.2) is 12.2 Å². The highest BCUT2D eigenvalue weighted by Crippen LogP contribution is 2.18. The minimum absolute atomic E-state index is 0.141. The van der Waals surface area contributed by atoms with Gasteiger partial charge in [-0.3, -0.25) is 4.79 Å². The lowest BCUT2D eigenvalue weighted by atomic mass is 10.1. The number of carbonyl (C=O) groups is 1. The number of hydrogen-bond donors (Lipinski definition) is 1. The summed E-state index contributed by atoms with van der Waals surface area (Å²) in [4.78, 5) is 20.7. The molecule has 0 saturated carbocycles. The topological polar surface area (TPSA) is 72.4 Å². The quantitative estimate of drug-likeness (QED) is 0.623. The lowest BCUT2D eigenvalue weighted by molar-refractivity contribution is 0.0950. The van der Waals surface area contributed by atoms with E-state index in [0.717, 1.165) is 22.5 Å². The highest BCUT2D eigenvalue weighted by atomic mass is 16.3. The number of oxazole rings is 1. The third-order valence-corrected chi connectivity index (χ3v) is 3.96. The highest BCUT2D eigenvalue weighted by Gasteiger charge is 2.08. The molecule has 0 radical (unpaired) electrons. The Labute approximate surface area is 144 Å². The third kappa shape index (κ3) is 3.14. The first-order chi connectivity index (χ1) is 12.2. The highest BCUT2D eigenvalue weighted by molar-refractivity contribution is 5.94. The summed E-state index contributed by atoms with van der Waals surface area (Å²) >= 11 is 0. The van der Waals surface area contributed by atoms with Gasteiger partial charge in [-0.1, -0.05) is 12.1 Å². The fourth-order valence-corrected chi connectivity index (χ4v) is 2.64. The number of nitrogens with zero attached hydrogens (tertiary/aromatic N) is 3. The predicted molar refractivity (Wildman–Crippen MR) is 93.0 cm³/mol. The van der Waals surface area contributed by atoms with Crippen LogP contribution in [-0.4, -0.2) is 20.3 Å². The Morgan fingerprint density at radius 3 is 2.84 bits per heavy atom. The van der Waals surface area contributed by atoms with Crippen molar-refractivity contribution in [3.05, 3.63) is 78.2 Å². The molecule has 0 bridgehead atoms. The molecule has 124 valence electrons. The number of aryl methyl sites for hydroxylation is 1. The Balaban J connectivity index is 1.44. The van der Waals surface area contributed by atoms with Gasteiger partial charge in [0, 0.05) is 23.5 Å². The van der Waals surface area contributed by atoms with E-state index in [0.29, 0.717) is 17.9 Å². The molecule has 0 fully saturated rings. The lowest BCUT2D eigenvalue weighted by Crippen LogP contribution is -2.22. The standard InChI is InChI=1S/C19H16N4O2/c1-13-6-7-23-11-16(22-18(23)8-13)9-21-19(24)15-4-2-14(3-5-15)17-10-20-12-25-17/h2-8,10-12H,9H2,1H3,(H,21,24). The van der Waals surface area contributed by atoms with E-state index in [2.05, 4.69) is 15.3 Å². The van der Waals surface area contributed by atoms with Crippen LogP contribution in [0.25, 0.3) is 17.0 Å². The molecule has 6 heteroatoms. The van der Waals surface area contributed by atoms with Crippen molar-refractivity contribution in [3.8, 4) is 11.3 Å². The van der Waals surface area contributed by atoms with Crippen LogP contribution in [0.5, 0.6) is 0 Å². The number of hydrogen-bond acceptors (Lipinski definition) is 4. The maximum atomic E-state index is 12.3.